The monoisotopic (exact) mass is 320 g/mol. The van der Waals surface area contributed by atoms with Crippen molar-refractivity contribution >= 4 is 29.4 Å². The number of benzene rings is 1. The fourth-order valence-electron chi connectivity index (χ4n) is 1.85. The SMILES string of the molecule is COC(=O)N(C)CC(=O)Nc1ccc(NC(=O)NC2CC2)cc1. The van der Waals surface area contributed by atoms with Crippen LogP contribution < -0.4 is 16.0 Å². The molecule has 124 valence electrons. The van der Waals surface area contributed by atoms with Crippen molar-refractivity contribution in [1.29, 1.82) is 0 Å². The van der Waals surface area contributed by atoms with Gasteiger partial charge in [-0.2, -0.15) is 0 Å². The van der Waals surface area contributed by atoms with E-state index in [9.17, 15) is 14.4 Å². The number of urea groups is 1. The molecule has 8 nitrogen and oxygen atoms in total. The Morgan fingerprint density at radius 1 is 1.13 bits per heavy atom. The van der Waals surface area contributed by atoms with Crippen molar-refractivity contribution in [3.8, 4) is 0 Å². The molecule has 1 fully saturated rings. The van der Waals surface area contributed by atoms with Gasteiger partial charge in [0.15, 0.2) is 0 Å². The Morgan fingerprint density at radius 3 is 2.22 bits per heavy atom. The molecule has 0 bridgehead atoms. The highest BCUT2D eigenvalue weighted by atomic mass is 16.5. The molecule has 0 radical (unpaired) electrons. The number of amides is 4. The molecule has 1 aliphatic carbocycles. The molecule has 2 rings (SSSR count). The summed E-state index contributed by atoms with van der Waals surface area (Å²) < 4.78 is 4.51. The minimum Gasteiger partial charge on any atom is -0.453 e. The van der Waals surface area contributed by atoms with Crippen molar-refractivity contribution in [3.05, 3.63) is 24.3 Å². The second kappa shape index (κ2) is 7.48. The summed E-state index contributed by atoms with van der Waals surface area (Å²) in [4.78, 5) is 35.8. The summed E-state index contributed by atoms with van der Waals surface area (Å²) in [6.45, 7) is -0.115. The maximum atomic E-state index is 11.8. The third-order valence-corrected chi connectivity index (χ3v) is 3.21. The van der Waals surface area contributed by atoms with E-state index in [4.69, 9.17) is 0 Å². The molecule has 0 aromatic heterocycles. The number of anilines is 2. The molecule has 0 atom stereocenters. The number of ether oxygens (including phenoxy) is 1. The maximum absolute atomic E-state index is 11.8. The summed E-state index contributed by atoms with van der Waals surface area (Å²) in [5.41, 5.74) is 1.20. The van der Waals surface area contributed by atoms with Gasteiger partial charge >= 0.3 is 12.1 Å². The predicted molar refractivity (Wildman–Crippen MR) is 85.3 cm³/mol. The molecular formula is C15H20N4O4. The lowest BCUT2D eigenvalue weighted by atomic mass is 10.2. The number of carbonyl (C=O) groups is 3. The molecule has 1 aliphatic rings. The van der Waals surface area contributed by atoms with E-state index in [1.807, 2.05) is 0 Å². The highest BCUT2D eigenvalue weighted by Crippen LogP contribution is 2.19. The number of nitrogens with zero attached hydrogens (tertiary/aromatic N) is 1. The van der Waals surface area contributed by atoms with Crippen LogP contribution in [0.5, 0.6) is 0 Å². The van der Waals surface area contributed by atoms with Crippen molar-refractivity contribution in [1.82, 2.24) is 10.2 Å². The van der Waals surface area contributed by atoms with Crippen LogP contribution >= 0.6 is 0 Å². The Bertz CT molecular complexity index is 584. The number of carbonyl (C=O) groups excluding carboxylic acids is 3. The molecule has 8 heteroatoms. The van der Waals surface area contributed by atoms with Gasteiger partial charge in [0, 0.05) is 24.5 Å². The highest BCUT2D eigenvalue weighted by Gasteiger charge is 2.23. The third-order valence-electron chi connectivity index (χ3n) is 3.21. The van der Waals surface area contributed by atoms with Crippen LogP contribution in [0, 0.1) is 0 Å². The summed E-state index contributed by atoms with van der Waals surface area (Å²) in [5, 5.41) is 8.19. The summed E-state index contributed by atoms with van der Waals surface area (Å²) in [7, 11) is 2.72. The van der Waals surface area contributed by atoms with Crippen molar-refractivity contribution in [2.24, 2.45) is 0 Å². The molecule has 1 aromatic carbocycles. The van der Waals surface area contributed by atoms with E-state index in [1.165, 1.54) is 14.2 Å². The van der Waals surface area contributed by atoms with Gasteiger partial charge in [-0.25, -0.2) is 9.59 Å². The summed E-state index contributed by atoms with van der Waals surface area (Å²) in [5.74, 6) is -0.343. The molecule has 1 saturated carbocycles. The predicted octanol–water partition coefficient (Wildman–Crippen LogP) is 1.61. The molecule has 23 heavy (non-hydrogen) atoms. The van der Waals surface area contributed by atoms with E-state index in [2.05, 4.69) is 20.7 Å². The first kappa shape index (κ1) is 16.6. The van der Waals surface area contributed by atoms with Gasteiger partial charge in [0.05, 0.1) is 7.11 Å². The molecule has 4 amide bonds. The Hall–Kier alpha value is -2.77. The second-order valence-electron chi connectivity index (χ2n) is 5.32. The lowest BCUT2D eigenvalue weighted by Crippen LogP contribution is -2.34. The average molecular weight is 320 g/mol. The number of hydrogen-bond donors (Lipinski definition) is 3. The molecule has 0 aliphatic heterocycles. The van der Waals surface area contributed by atoms with Crippen molar-refractivity contribution < 1.29 is 19.1 Å². The lowest BCUT2D eigenvalue weighted by molar-refractivity contribution is -0.116. The van der Waals surface area contributed by atoms with E-state index >= 15 is 0 Å². The van der Waals surface area contributed by atoms with Crippen molar-refractivity contribution in [2.45, 2.75) is 18.9 Å². The van der Waals surface area contributed by atoms with Crippen LogP contribution in [0.4, 0.5) is 21.0 Å². The Labute approximate surface area is 134 Å². The maximum Gasteiger partial charge on any atom is 0.409 e. The van der Waals surface area contributed by atoms with Gasteiger partial charge < -0.3 is 25.6 Å². The number of hydrogen-bond acceptors (Lipinski definition) is 4. The molecule has 3 N–H and O–H groups in total. The van der Waals surface area contributed by atoms with Crippen LogP contribution in [-0.4, -0.2) is 49.7 Å². The van der Waals surface area contributed by atoms with Gasteiger partial charge in [-0.3, -0.25) is 4.79 Å². The second-order valence-corrected chi connectivity index (χ2v) is 5.32. The van der Waals surface area contributed by atoms with Crippen LogP contribution in [-0.2, 0) is 9.53 Å². The average Bonchev–Trinajstić information content (AvgIpc) is 3.32. The van der Waals surface area contributed by atoms with E-state index < -0.39 is 6.09 Å². The topological polar surface area (TPSA) is 99.8 Å². The first-order valence-electron chi connectivity index (χ1n) is 7.24. The summed E-state index contributed by atoms with van der Waals surface area (Å²) in [6, 6.07) is 6.77. The molecule has 1 aromatic rings. The number of methoxy groups -OCH3 is 1. The van der Waals surface area contributed by atoms with Gasteiger partial charge in [-0.1, -0.05) is 0 Å². The minimum atomic E-state index is -0.582. The van der Waals surface area contributed by atoms with Crippen LogP contribution in [0.15, 0.2) is 24.3 Å². The number of likely N-dealkylation sites (N-methyl/N-ethyl adjacent to an activating group) is 1. The van der Waals surface area contributed by atoms with E-state index in [1.54, 1.807) is 24.3 Å². The molecule has 0 unspecified atom stereocenters. The largest absolute Gasteiger partial charge is 0.453 e. The Morgan fingerprint density at radius 2 is 1.70 bits per heavy atom. The summed E-state index contributed by atoms with van der Waals surface area (Å²) in [6.07, 6.45) is 1.47. The zero-order valence-corrected chi connectivity index (χ0v) is 13.1. The van der Waals surface area contributed by atoms with Gasteiger partial charge in [0.2, 0.25) is 5.91 Å². The van der Waals surface area contributed by atoms with Gasteiger partial charge in [-0.15, -0.1) is 0 Å². The quantitative estimate of drug-likeness (QED) is 0.767. The van der Waals surface area contributed by atoms with E-state index in [0.29, 0.717) is 17.4 Å². The molecule has 0 saturated heterocycles. The molecule has 0 spiro atoms. The van der Waals surface area contributed by atoms with Crippen LogP contribution in [0.2, 0.25) is 0 Å². The molecule has 0 heterocycles. The standard InChI is InChI=1S/C15H20N4O4/c1-19(15(22)23-2)9-13(20)16-10-3-5-11(6-4-10)17-14(21)18-12-7-8-12/h3-6,12H,7-9H2,1-2H3,(H,16,20)(H2,17,18,21). The first-order valence-corrected chi connectivity index (χ1v) is 7.24. The van der Waals surface area contributed by atoms with Crippen molar-refractivity contribution in [3.63, 3.8) is 0 Å². The smallest absolute Gasteiger partial charge is 0.409 e. The summed E-state index contributed by atoms with van der Waals surface area (Å²) >= 11 is 0. The first-order chi connectivity index (χ1) is 11.0. The zero-order chi connectivity index (χ0) is 16.8. The number of nitrogens with one attached hydrogen (secondary N) is 3. The zero-order valence-electron chi connectivity index (χ0n) is 13.1. The third kappa shape index (κ3) is 5.50. The van der Waals surface area contributed by atoms with Crippen LogP contribution in [0.3, 0.4) is 0 Å². The van der Waals surface area contributed by atoms with Gasteiger partial charge in [0.1, 0.15) is 6.54 Å². The normalized spacial score (nSPS) is 13.0. The lowest BCUT2D eigenvalue weighted by Gasteiger charge is -2.15. The van der Waals surface area contributed by atoms with Crippen LogP contribution in [0.1, 0.15) is 12.8 Å². The van der Waals surface area contributed by atoms with E-state index in [0.717, 1.165) is 17.7 Å². The Kier molecular flexibility index (Phi) is 5.40. The van der Waals surface area contributed by atoms with Gasteiger partial charge in [0.25, 0.3) is 0 Å². The number of rotatable bonds is 5. The van der Waals surface area contributed by atoms with Crippen LogP contribution in [0.25, 0.3) is 0 Å². The van der Waals surface area contributed by atoms with E-state index in [-0.39, 0.29) is 18.5 Å². The fourth-order valence-corrected chi connectivity index (χ4v) is 1.85. The Balaban J connectivity index is 1.80. The van der Waals surface area contributed by atoms with Gasteiger partial charge in [-0.05, 0) is 37.1 Å². The molecular weight excluding hydrogens is 300 g/mol. The highest BCUT2D eigenvalue weighted by molar-refractivity contribution is 5.94. The minimum absolute atomic E-state index is 0.115. The van der Waals surface area contributed by atoms with Crippen molar-refractivity contribution in [2.75, 3.05) is 31.3 Å². The fraction of sp³-hybridized carbons (Fsp3) is 0.400.